The Morgan fingerprint density at radius 2 is 0.793 bits per heavy atom. The van der Waals surface area contributed by atoms with E-state index >= 15 is 0 Å². The molecule has 0 aromatic rings. The first-order chi connectivity index (χ1) is 13.6. The molecule has 174 valence electrons. The van der Waals surface area contributed by atoms with Gasteiger partial charge in [0.2, 0.25) is 0 Å². The number of carbonyl (C=O) groups excluding carboxylic acids is 1. The van der Waals surface area contributed by atoms with E-state index in [0.29, 0.717) is 12.8 Å². The molecular formula is C20H40O7S2. The van der Waals surface area contributed by atoms with Gasteiger partial charge in [0.1, 0.15) is 11.5 Å². The molecule has 0 saturated heterocycles. The molecule has 0 heterocycles. The number of rotatable bonds is 21. The minimum atomic E-state index is -4.18. The maximum absolute atomic E-state index is 11.3. The molecule has 0 atom stereocenters. The second kappa shape index (κ2) is 17.2. The number of hydrogen-bond acceptors (Lipinski definition) is 5. The predicted octanol–water partition coefficient (Wildman–Crippen LogP) is 4.96. The molecule has 0 aromatic carbocycles. The maximum Gasteiger partial charge on any atom is 0.272 e. The van der Waals surface area contributed by atoms with Gasteiger partial charge in [0.05, 0.1) is 5.75 Å². The van der Waals surface area contributed by atoms with Crippen molar-refractivity contribution in [2.24, 2.45) is 0 Å². The van der Waals surface area contributed by atoms with E-state index in [-0.39, 0.29) is 12.2 Å². The monoisotopic (exact) mass is 456 g/mol. The summed E-state index contributed by atoms with van der Waals surface area (Å²) in [4.78, 5) is 11.3. The van der Waals surface area contributed by atoms with Gasteiger partial charge in [-0.15, -0.1) is 0 Å². The fourth-order valence-corrected chi connectivity index (χ4v) is 4.48. The number of ketones is 1. The first kappa shape index (κ1) is 28.5. The second-order valence-electron chi connectivity index (χ2n) is 7.96. The van der Waals surface area contributed by atoms with E-state index in [4.69, 9.17) is 9.11 Å². The zero-order valence-electron chi connectivity index (χ0n) is 17.7. The van der Waals surface area contributed by atoms with Gasteiger partial charge in [-0.3, -0.25) is 13.9 Å². The van der Waals surface area contributed by atoms with Crippen LogP contribution in [-0.4, -0.2) is 43.2 Å². The average Bonchev–Trinajstić information content (AvgIpc) is 2.58. The van der Waals surface area contributed by atoms with Crippen LogP contribution in [-0.2, 0) is 25.0 Å². The van der Waals surface area contributed by atoms with Crippen LogP contribution in [0.3, 0.4) is 0 Å². The van der Waals surface area contributed by atoms with Crippen molar-refractivity contribution in [3.05, 3.63) is 0 Å². The summed E-state index contributed by atoms with van der Waals surface area (Å²) in [5.74, 6) is -1.29. The van der Waals surface area contributed by atoms with Crippen molar-refractivity contribution in [2.45, 2.75) is 109 Å². The van der Waals surface area contributed by atoms with Gasteiger partial charge in [0.25, 0.3) is 20.2 Å². The summed E-state index contributed by atoms with van der Waals surface area (Å²) in [5.41, 5.74) is 0. The lowest BCUT2D eigenvalue weighted by molar-refractivity contribution is -0.116. The molecule has 0 rings (SSSR count). The summed E-state index contributed by atoms with van der Waals surface area (Å²) in [5, 5.41) is 0. The third kappa shape index (κ3) is 25.5. The summed E-state index contributed by atoms with van der Waals surface area (Å²) < 4.78 is 59.5. The Morgan fingerprint density at radius 1 is 0.483 bits per heavy atom. The maximum atomic E-state index is 11.3. The van der Waals surface area contributed by atoms with Crippen molar-refractivity contribution in [1.82, 2.24) is 0 Å². The number of hydrogen-bond donors (Lipinski definition) is 2. The van der Waals surface area contributed by atoms with Crippen LogP contribution in [0.2, 0.25) is 0 Å². The highest BCUT2D eigenvalue weighted by Gasteiger charge is 2.11. The van der Waals surface area contributed by atoms with Gasteiger partial charge in [0, 0.05) is 6.42 Å². The van der Waals surface area contributed by atoms with Crippen molar-refractivity contribution in [1.29, 1.82) is 0 Å². The van der Waals surface area contributed by atoms with Gasteiger partial charge in [0.15, 0.2) is 0 Å². The number of carbonyl (C=O) groups is 1. The quantitative estimate of drug-likeness (QED) is 0.184. The van der Waals surface area contributed by atoms with Gasteiger partial charge < -0.3 is 0 Å². The van der Waals surface area contributed by atoms with Crippen LogP contribution >= 0.6 is 0 Å². The SMILES string of the molecule is O=C(CCCCCCCCCCCCCCCCCCS(=O)(=O)O)CS(=O)(=O)O. The summed E-state index contributed by atoms with van der Waals surface area (Å²) in [6.45, 7) is 0. The molecule has 0 amide bonds. The highest BCUT2D eigenvalue weighted by Crippen LogP contribution is 2.14. The Balaban J connectivity index is 3.20. The summed E-state index contributed by atoms with van der Waals surface area (Å²) in [6.07, 6.45) is 17.5. The van der Waals surface area contributed by atoms with E-state index in [1.165, 1.54) is 51.4 Å². The van der Waals surface area contributed by atoms with E-state index < -0.39 is 31.8 Å². The molecule has 0 fully saturated rings. The fourth-order valence-electron chi connectivity index (χ4n) is 3.36. The minimum Gasteiger partial charge on any atom is -0.298 e. The van der Waals surface area contributed by atoms with E-state index in [1.54, 1.807) is 0 Å². The molecule has 0 aromatic heterocycles. The smallest absolute Gasteiger partial charge is 0.272 e. The van der Waals surface area contributed by atoms with Gasteiger partial charge in [-0.1, -0.05) is 89.9 Å². The molecule has 29 heavy (non-hydrogen) atoms. The molecule has 0 aliphatic carbocycles. The van der Waals surface area contributed by atoms with Crippen LogP contribution in [0.1, 0.15) is 109 Å². The Kier molecular flexibility index (Phi) is 16.9. The molecule has 9 heteroatoms. The Hall–Kier alpha value is -0.510. The van der Waals surface area contributed by atoms with Gasteiger partial charge in [-0.2, -0.15) is 16.8 Å². The molecular weight excluding hydrogens is 416 g/mol. The molecule has 0 aliphatic heterocycles. The molecule has 0 bridgehead atoms. The third-order valence-electron chi connectivity index (χ3n) is 4.95. The lowest BCUT2D eigenvalue weighted by atomic mass is 10.0. The first-order valence-corrected chi connectivity index (χ1v) is 14.2. The fraction of sp³-hybridized carbons (Fsp3) is 0.950. The summed E-state index contributed by atoms with van der Waals surface area (Å²) >= 11 is 0. The molecule has 0 radical (unpaired) electrons. The Morgan fingerprint density at radius 3 is 1.10 bits per heavy atom. The van der Waals surface area contributed by atoms with Crippen molar-refractivity contribution in [2.75, 3.05) is 11.5 Å². The topological polar surface area (TPSA) is 126 Å². The van der Waals surface area contributed by atoms with Crippen LogP contribution in [0.25, 0.3) is 0 Å². The minimum absolute atomic E-state index is 0.121. The van der Waals surface area contributed by atoms with Gasteiger partial charge in [-0.05, 0) is 12.8 Å². The van der Waals surface area contributed by atoms with Crippen LogP contribution in [0.15, 0.2) is 0 Å². The lowest BCUT2D eigenvalue weighted by Crippen LogP contribution is -2.14. The predicted molar refractivity (Wildman–Crippen MR) is 116 cm³/mol. The van der Waals surface area contributed by atoms with Crippen LogP contribution in [0.4, 0.5) is 0 Å². The van der Waals surface area contributed by atoms with Crippen LogP contribution in [0.5, 0.6) is 0 Å². The lowest BCUT2D eigenvalue weighted by Gasteiger charge is -2.04. The zero-order chi connectivity index (χ0) is 22.0. The zero-order valence-corrected chi connectivity index (χ0v) is 19.3. The van der Waals surface area contributed by atoms with Gasteiger partial charge >= 0.3 is 0 Å². The van der Waals surface area contributed by atoms with E-state index in [1.807, 2.05) is 0 Å². The molecule has 0 spiro atoms. The Bertz CT molecular complexity index is 613. The van der Waals surface area contributed by atoms with Crippen LogP contribution < -0.4 is 0 Å². The number of Topliss-reactive ketones (excluding diaryl/α,β-unsaturated/α-hetero) is 1. The molecule has 7 nitrogen and oxygen atoms in total. The van der Waals surface area contributed by atoms with Crippen molar-refractivity contribution in [3.8, 4) is 0 Å². The molecule has 0 unspecified atom stereocenters. The normalized spacial score (nSPS) is 12.3. The Labute approximate surface area is 177 Å². The highest BCUT2D eigenvalue weighted by atomic mass is 32.2. The third-order valence-corrected chi connectivity index (χ3v) is 6.44. The van der Waals surface area contributed by atoms with Crippen LogP contribution in [0, 0.1) is 0 Å². The van der Waals surface area contributed by atoms with E-state index in [9.17, 15) is 21.6 Å². The largest absolute Gasteiger partial charge is 0.298 e. The van der Waals surface area contributed by atoms with Crippen molar-refractivity contribution < 1.29 is 30.7 Å². The van der Waals surface area contributed by atoms with E-state index in [0.717, 1.165) is 38.5 Å². The molecule has 0 saturated carbocycles. The number of unbranched alkanes of at least 4 members (excludes halogenated alkanes) is 15. The average molecular weight is 457 g/mol. The summed E-state index contributed by atoms with van der Waals surface area (Å²) in [6, 6.07) is 0. The molecule has 0 aliphatic rings. The standard InChI is InChI=1S/C20H40O7S2/c21-20(19-29(25,26)27)17-15-13-11-9-7-5-3-1-2-4-6-8-10-12-14-16-18-28(22,23)24/h1-19H2,(H,22,23,24)(H,25,26,27). The van der Waals surface area contributed by atoms with E-state index in [2.05, 4.69) is 0 Å². The first-order valence-electron chi connectivity index (χ1n) is 11.0. The summed E-state index contributed by atoms with van der Waals surface area (Å²) in [7, 11) is -7.97. The highest BCUT2D eigenvalue weighted by molar-refractivity contribution is 7.86. The second-order valence-corrected chi connectivity index (χ2v) is 11.0. The van der Waals surface area contributed by atoms with Gasteiger partial charge in [-0.25, -0.2) is 0 Å². The van der Waals surface area contributed by atoms with Crippen molar-refractivity contribution in [3.63, 3.8) is 0 Å². The molecule has 2 N–H and O–H groups in total. The van der Waals surface area contributed by atoms with Crippen molar-refractivity contribution >= 4 is 26.0 Å².